The van der Waals surface area contributed by atoms with Crippen LogP contribution in [0.4, 0.5) is 0 Å². The van der Waals surface area contributed by atoms with Crippen molar-refractivity contribution < 1.29 is 0 Å². The third-order valence-electron chi connectivity index (χ3n) is 12.9. The minimum absolute atomic E-state index is 0.221. The maximum Gasteiger partial charge on any atom is 0.0561 e. The topological polar surface area (TPSA) is 0 Å². The van der Waals surface area contributed by atoms with E-state index in [-0.39, 0.29) is 8.80 Å². The van der Waals surface area contributed by atoms with Gasteiger partial charge < -0.3 is 0 Å². The van der Waals surface area contributed by atoms with Crippen molar-refractivity contribution in [3.05, 3.63) is 0 Å². The monoisotopic (exact) mass is 786 g/mol. The predicted molar refractivity (Wildman–Crippen MR) is 227 cm³/mol. The summed E-state index contributed by atoms with van der Waals surface area (Å²) in [4.78, 5) is 0. The van der Waals surface area contributed by atoms with E-state index in [4.69, 9.17) is 0 Å². The molecule has 0 aliphatic heterocycles. The summed E-state index contributed by atoms with van der Waals surface area (Å²) in [6.07, 6.45) is 0. The zero-order chi connectivity index (χ0) is 36.9. The van der Waals surface area contributed by atoms with Gasteiger partial charge in [-0.1, -0.05) is 48.1 Å². The third kappa shape index (κ3) is 10.3. The summed E-state index contributed by atoms with van der Waals surface area (Å²) in [7, 11) is -3.79. The number of hydrogen-bond donors (Lipinski definition) is 0. The molecule has 0 aromatic rings. The van der Waals surface area contributed by atoms with Crippen LogP contribution in [0.25, 0.3) is 0 Å². The molecule has 4 radical (unpaired) electrons. The molecule has 44 heavy (non-hydrogen) atoms. The molecule has 0 spiro atoms. The Morgan fingerprint density at radius 2 is 0.636 bits per heavy atom. The van der Waals surface area contributed by atoms with Crippen molar-refractivity contribution >= 4 is 67.9 Å². The molecule has 0 aromatic heterocycles. The summed E-state index contributed by atoms with van der Waals surface area (Å²) in [6, 6.07) is 0. The Labute approximate surface area is 298 Å². The van der Waals surface area contributed by atoms with Crippen LogP contribution in [0.3, 0.4) is 0 Å². The predicted octanol–water partition coefficient (Wildman–Crippen LogP) is 13.3. The zero-order valence-electron chi connectivity index (χ0n) is 36.0. The fourth-order valence-corrected chi connectivity index (χ4v) is 171. The van der Waals surface area contributed by atoms with Crippen LogP contribution >= 0.6 is 0 Å². The molecule has 0 amide bonds. The molecule has 0 aliphatic rings. The van der Waals surface area contributed by atoms with Crippen molar-refractivity contribution in [2.24, 2.45) is 0 Å². The van der Waals surface area contributed by atoms with E-state index in [0.29, 0.717) is 40.3 Å². The SMILES string of the molecule is CC(C)(C)[Si](C)(/[Si]=[Si](/[Si](=[Ge])[Si](C)(C(C)(C)C)C(C)(C)C)[Si](C)(C(C)(C)C)C(C)(C)C)C(C)(C)C.C[Si](C(C)(C)C)C(C)(C)C. The van der Waals surface area contributed by atoms with Gasteiger partial charge in [0.1, 0.15) is 0 Å². The molecule has 0 fully saturated rings. The Balaban J connectivity index is 0. The van der Waals surface area contributed by atoms with Crippen molar-refractivity contribution in [1.82, 2.24) is 0 Å². The van der Waals surface area contributed by atoms with E-state index in [2.05, 4.69) is 208 Å². The van der Waals surface area contributed by atoms with E-state index in [1.54, 1.807) is 0 Å². The Morgan fingerprint density at radius 1 is 0.409 bits per heavy atom. The first-order valence-electron chi connectivity index (χ1n) is 17.5. The van der Waals surface area contributed by atoms with E-state index < -0.39 is 35.6 Å². The first-order valence-corrected chi connectivity index (χ1v) is 39.1. The average Bonchev–Trinajstić information content (AvgIpc) is 2.69. The standard InChI is InChI=1S/C27H63GeSi6.C9H21Si/c1-22(2,3)32(19,23(4,5)6)29-31(34(21,26(13,14)15)27(16,17)18)30(28)33(20,24(7,8)9)25(10,11)12;1-8(2,3)10(7)9(4,5)6/h1-21H3;1-7H3. The van der Waals surface area contributed by atoms with E-state index in [1.165, 1.54) is 8.13 Å². The first kappa shape index (κ1) is 48.2. The summed E-state index contributed by atoms with van der Waals surface area (Å²) >= 11 is 2.90. The van der Waals surface area contributed by atoms with E-state index in [0.717, 1.165) is 0 Å². The van der Waals surface area contributed by atoms with Gasteiger partial charge in [0.15, 0.2) is 0 Å². The Kier molecular flexibility index (Phi) is 15.7. The molecule has 0 saturated carbocycles. The van der Waals surface area contributed by atoms with Gasteiger partial charge in [0, 0.05) is 0 Å². The van der Waals surface area contributed by atoms with Gasteiger partial charge in [0.2, 0.25) is 0 Å². The second kappa shape index (κ2) is 14.4. The average molecular weight is 786 g/mol. The molecule has 0 heterocycles. The van der Waals surface area contributed by atoms with E-state index >= 15 is 0 Å². The van der Waals surface area contributed by atoms with Gasteiger partial charge >= 0.3 is 234 Å². The van der Waals surface area contributed by atoms with Gasteiger partial charge in [-0.05, 0) is 10.1 Å². The molecule has 0 saturated heterocycles. The van der Waals surface area contributed by atoms with E-state index in [9.17, 15) is 0 Å². The van der Waals surface area contributed by atoms with Gasteiger partial charge in [-0.15, -0.1) is 0 Å². The molecule has 0 rings (SSSR count). The van der Waals surface area contributed by atoms with E-state index in [1.807, 2.05) is 0 Å². The summed E-state index contributed by atoms with van der Waals surface area (Å²) in [5, 5.41) is 3.74. The smallest absolute Gasteiger partial charge is 0.0561 e. The molecule has 260 valence electrons. The molecule has 0 nitrogen and oxygen atoms in total. The molecule has 0 aliphatic carbocycles. The van der Waals surface area contributed by atoms with Crippen LogP contribution in [0.2, 0.25) is 66.5 Å². The minimum Gasteiger partial charge on any atom is -0.0703 e. The molecule has 8 heteroatoms. The molecular formula is C36H84GeSi7. The van der Waals surface area contributed by atoms with Crippen LogP contribution in [0.1, 0.15) is 166 Å². The normalized spacial score (nSPS) is 16.2. The van der Waals surface area contributed by atoms with Crippen LogP contribution in [0.5, 0.6) is 0 Å². The second-order valence-corrected chi connectivity index (χ2v) is 79.6. The summed E-state index contributed by atoms with van der Waals surface area (Å²) in [6.45, 7) is 71.9. The quantitative estimate of drug-likeness (QED) is 0.249. The molecule has 0 bridgehead atoms. The Hall–Kier alpha value is 2.06. The molecular weight excluding hydrogens is 702 g/mol. The fourth-order valence-electron chi connectivity index (χ4n) is 7.31. The van der Waals surface area contributed by atoms with Crippen molar-refractivity contribution in [3.63, 3.8) is 0 Å². The van der Waals surface area contributed by atoms with Crippen molar-refractivity contribution in [2.75, 3.05) is 0 Å². The fraction of sp³-hybridized carbons (Fsp3) is 1.00. The van der Waals surface area contributed by atoms with Crippen LogP contribution in [-0.2, 0) is 0 Å². The third-order valence-corrected chi connectivity index (χ3v) is 124. The number of rotatable bonds is 4. The van der Waals surface area contributed by atoms with Crippen molar-refractivity contribution in [1.29, 1.82) is 0 Å². The van der Waals surface area contributed by atoms with Gasteiger partial charge in [-0.2, -0.15) is 0 Å². The van der Waals surface area contributed by atoms with Gasteiger partial charge in [0.25, 0.3) is 0 Å². The Morgan fingerprint density at radius 3 is 0.773 bits per heavy atom. The summed E-state index contributed by atoms with van der Waals surface area (Å²) in [5.74, 6) is -0.503. The zero-order valence-corrected chi connectivity index (χ0v) is 45.1. The van der Waals surface area contributed by atoms with Crippen LogP contribution in [0, 0.1) is 0 Å². The van der Waals surface area contributed by atoms with Gasteiger partial charge in [-0.3, -0.25) is 0 Å². The maximum absolute atomic E-state index is 2.91. The first-order chi connectivity index (χ1) is 18.4. The number of hydrogen-bond acceptors (Lipinski definition) is 0. The van der Waals surface area contributed by atoms with Crippen LogP contribution < -0.4 is 0 Å². The second-order valence-electron chi connectivity index (χ2n) is 22.9. The van der Waals surface area contributed by atoms with Gasteiger partial charge in [-0.25, -0.2) is 0 Å². The minimum atomic E-state index is -1.65. The van der Waals surface area contributed by atoms with Crippen LogP contribution in [0.15, 0.2) is 0 Å². The summed E-state index contributed by atoms with van der Waals surface area (Å²) < 4.78 is 0. The molecule has 0 N–H and O–H groups in total. The van der Waals surface area contributed by atoms with Crippen LogP contribution in [-0.4, -0.2) is 67.9 Å². The summed E-state index contributed by atoms with van der Waals surface area (Å²) in [5.41, 5.74) is 0. The Bertz CT molecular complexity index is 945. The molecule has 0 unspecified atom stereocenters. The largest absolute Gasteiger partial charge is 0.0703 e. The van der Waals surface area contributed by atoms with Crippen molar-refractivity contribution in [3.8, 4) is 0 Å². The van der Waals surface area contributed by atoms with Gasteiger partial charge in [0.05, 0.1) is 8.80 Å². The molecule has 0 aromatic carbocycles. The molecule has 0 atom stereocenters. The van der Waals surface area contributed by atoms with Crippen molar-refractivity contribution in [2.45, 2.75) is 233 Å². The maximum atomic E-state index is 2.91.